The van der Waals surface area contributed by atoms with Crippen molar-refractivity contribution in [2.75, 3.05) is 24.7 Å². The van der Waals surface area contributed by atoms with Crippen LogP contribution in [0, 0.1) is 10.1 Å². The van der Waals surface area contributed by atoms with Crippen LogP contribution in [-0.4, -0.2) is 32.7 Å². The Labute approximate surface area is 116 Å². The second-order valence-electron chi connectivity index (χ2n) is 3.84. The summed E-state index contributed by atoms with van der Waals surface area (Å²) in [5, 5.41) is 13.8. The van der Waals surface area contributed by atoms with Crippen LogP contribution in [0.4, 0.5) is 11.4 Å². The van der Waals surface area contributed by atoms with E-state index in [1.165, 1.54) is 6.07 Å². The molecular weight excluding hydrogens is 294 g/mol. The minimum atomic E-state index is -3.20. The highest BCUT2D eigenvalue weighted by atomic mass is 35.5. The van der Waals surface area contributed by atoms with Gasteiger partial charge in [0, 0.05) is 13.1 Å². The molecule has 106 valence electrons. The van der Waals surface area contributed by atoms with Crippen molar-refractivity contribution < 1.29 is 13.3 Å². The summed E-state index contributed by atoms with van der Waals surface area (Å²) in [6.45, 7) is 0.657. The highest BCUT2D eigenvalue weighted by Gasteiger charge is 2.17. The Hall–Kier alpha value is -1.38. The minimum absolute atomic E-state index is 0.0595. The molecule has 0 aliphatic carbocycles. The normalized spacial score (nSPS) is 11.3. The standard InChI is InChI=1S/C10H14ClN3O4S/c1-19(17,18)13-7-3-6-12-9-5-2-4-8(11)10(9)14(15)16/h2,4-5,12-13H,3,6-7H2,1H3. The van der Waals surface area contributed by atoms with Crippen molar-refractivity contribution in [2.45, 2.75) is 6.42 Å². The number of nitro groups is 1. The predicted octanol–water partition coefficient (Wildman–Crippen LogP) is 1.60. The van der Waals surface area contributed by atoms with Gasteiger partial charge in [0.05, 0.1) is 11.2 Å². The molecule has 7 nitrogen and oxygen atoms in total. The van der Waals surface area contributed by atoms with Crippen LogP contribution >= 0.6 is 11.6 Å². The number of sulfonamides is 1. The van der Waals surface area contributed by atoms with Crippen molar-refractivity contribution in [1.82, 2.24) is 4.72 Å². The molecule has 0 fully saturated rings. The molecule has 1 aromatic rings. The fraction of sp³-hybridized carbons (Fsp3) is 0.400. The Morgan fingerprint density at radius 3 is 2.63 bits per heavy atom. The van der Waals surface area contributed by atoms with Gasteiger partial charge in [0.2, 0.25) is 10.0 Å². The van der Waals surface area contributed by atoms with Gasteiger partial charge in [-0.25, -0.2) is 13.1 Å². The Kier molecular flexibility index (Phi) is 5.52. The first-order valence-electron chi connectivity index (χ1n) is 5.42. The zero-order chi connectivity index (χ0) is 14.5. The molecule has 0 aliphatic heterocycles. The molecule has 0 aliphatic rings. The van der Waals surface area contributed by atoms with Crippen LogP contribution < -0.4 is 10.0 Å². The van der Waals surface area contributed by atoms with Crippen LogP contribution in [0.25, 0.3) is 0 Å². The molecule has 9 heteroatoms. The lowest BCUT2D eigenvalue weighted by Crippen LogP contribution is -2.24. The number of nitrogens with one attached hydrogen (secondary N) is 2. The molecule has 0 radical (unpaired) electrons. The average molecular weight is 308 g/mol. The molecule has 2 N–H and O–H groups in total. The van der Waals surface area contributed by atoms with Crippen molar-refractivity contribution in [3.63, 3.8) is 0 Å². The molecule has 0 bridgehead atoms. The quantitative estimate of drug-likeness (QED) is 0.452. The van der Waals surface area contributed by atoms with Gasteiger partial charge in [-0.2, -0.15) is 0 Å². The van der Waals surface area contributed by atoms with E-state index in [0.29, 0.717) is 18.7 Å². The number of hydrogen-bond donors (Lipinski definition) is 2. The van der Waals surface area contributed by atoms with E-state index in [1.807, 2.05) is 0 Å². The Bertz CT molecular complexity index is 562. The van der Waals surface area contributed by atoms with Crippen molar-refractivity contribution in [1.29, 1.82) is 0 Å². The third-order valence-electron chi connectivity index (χ3n) is 2.20. The first-order valence-corrected chi connectivity index (χ1v) is 7.69. The summed E-state index contributed by atoms with van der Waals surface area (Å²) in [6, 6.07) is 4.59. The van der Waals surface area contributed by atoms with Crippen LogP contribution in [0.1, 0.15) is 6.42 Å². The predicted molar refractivity (Wildman–Crippen MR) is 74.1 cm³/mol. The van der Waals surface area contributed by atoms with Gasteiger partial charge in [0.1, 0.15) is 10.7 Å². The number of halogens is 1. The molecule has 0 atom stereocenters. The third kappa shape index (κ3) is 5.41. The fourth-order valence-electron chi connectivity index (χ4n) is 1.41. The van der Waals surface area contributed by atoms with E-state index in [-0.39, 0.29) is 17.3 Å². The second kappa shape index (κ2) is 6.69. The Balaban J connectivity index is 2.55. The number of anilines is 1. The molecule has 1 rings (SSSR count). The maximum absolute atomic E-state index is 10.9. The molecule has 0 aromatic heterocycles. The summed E-state index contributed by atoms with van der Waals surface area (Å²) >= 11 is 5.75. The van der Waals surface area contributed by atoms with Gasteiger partial charge in [-0.3, -0.25) is 10.1 Å². The number of rotatable bonds is 7. The number of benzene rings is 1. The summed E-state index contributed by atoms with van der Waals surface area (Å²) < 4.78 is 24.0. The fourth-order valence-corrected chi connectivity index (χ4v) is 2.17. The molecule has 1 aromatic carbocycles. The van der Waals surface area contributed by atoms with E-state index >= 15 is 0 Å². The monoisotopic (exact) mass is 307 g/mol. The lowest BCUT2D eigenvalue weighted by Gasteiger charge is -2.08. The maximum Gasteiger partial charge on any atom is 0.310 e. The first kappa shape index (κ1) is 15.7. The van der Waals surface area contributed by atoms with Gasteiger partial charge >= 0.3 is 5.69 Å². The van der Waals surface area contributed by atoms with Crippen LogP contribution in [0.2, 0.25) is 5.02 Å². The number of nitro benzene ring substituents is 1. The summed E-state index contributed by atoms with van der Waals surface area (Å²) in [6.07, 6.45) is 1.57. The van der Waals surface area contributed by atoms with Crippen LogP contribution in [0.5, 0.6) is 0 Å². The van der Waals surface area contributed by atoms with E-state index in [4.69, 9.17) is 11.6 Å². The molecule has 19 heavy (non-hydrogen) atoms. The van der Waals surface area contributed by atoms with Crippen molar-refractivity contribution in [3.05, 3.63) is 33.3 Å². The number of hydrogen-bond acceptors (Lipinski definition) is 5. The van der Waals surface area contributed by atoms with E-state index < -0.39 is 14.9 Å². The summed E-state index contributed by atoms with van der Waals surface area (Å²) in [4.78, 5) is 10.3. The van der Waals surface area contributed by atoms with Gasteiger partial charge in [-0.15, -0.1) is 0 Å². The molecule has 0 saturated heterocycles. The Morgan fingerprint density at radius 1 is 1.37 bits per heavy atom. The lowest BCUT2D eigenvalue weighted by atomic mass is 10.2. The van der Waals surface area contributed by atoms with Crippen LogP contribution in [0.3, 0.4) is 0 Å². The zero-order valence-electron chi connectivity index (χ0n) is 10.2. The molecule has 0 amide bonds. The maximum atomic E-state index is 10.9. The zero-order valence-corrected chi connectivity index (χ0v) is 11.8. The first-order chi connectivity index (χ1) is 8.81. The van der Waals surface area contributed by atoms with Gasteiger partial charge in [-0.05, 0) is 18.6 Å². The largest absolute Gasteiger partial charge is 0.379 e. The SMILES string of the molecule is CS(=O)(=O)NCCCNc1cccc(Cl)c1[N+](=O)[O-]. The molecular formula is C10H14ClN3O4S. The van der Waals surface area contributed by atoms with Crippen molar-refractivity contribution in [3.8, 4) is 0 Å². The second-order valence-corrected chi connectivity index (χ2v) is 6.08. The minimum Gasteiger partial charge on any atom is -0.379 e. The van der Waals surface area contributed by atoms with E-state index in [1.54, 1.807) is 12.1 Å². The van der Waals surface area contributed by atoms with E-state index in [2.05, 4.69) is 10.0 Å². The molecule has 0 unspecified atom stereocenters. The van der Waals surface area contributed by atoms with Gasteiger partial charge in [-0.1, -0.05) is 17.7 Å². The smallest absolute Gasteiger partial charge is 0.310 e. The highest BCUT2D eigenvalue weighted by molar-refractivity contribution is 7.88. The Morgan fingerprint density at radius 2 is 2.05 bits per heavy atom. The summed E-state index contributed by atoms with van der Waals surface area (Å²) in [5.74, 6) is 0. The number of nitrogens with zero attached hydrogens (tertiary/aromatic N) is 1. The highest BCUT2D eigenvalue weighted by Crippen LogP contribution is 2.31. The van der Waals surface area contributed by atoms with Gasteiger partial charge in [0.15, 0.2) is 0 Å². The van der Waals surface area contributed by atoms with Crippen LogP contribution in [0.15, 0.2) is 18.2 Å². The number of para-hydroxylation sites is 1. The third-order valence-corrected chi connectivity index (χ3v) is 3.24. The van der Waals surface area contributed by atoms with Gasteiger partial charge in [0.25, 0.3) is 0 Å². The van der Waals surface area contributed by atoms with E-state index in [9.17, 15) is 18.5 Å². The van der Waals surface area contributed by atoms with Crippen LogP contribution in [-0.2, 0) is 10.0 Å². The topological polar surface area (TPSA) is 101 Å². The van der Waals surface area contributed by atoms with Crippen molar-refractivity contribution >= 4 is 33.0 Å². The van der Waals surface area contributed by atoms with E-state index in [0.717, 1.165) is 6.26 Å². The van der Waals surface area contributed by atoms with Gasteiger partial charge < -0.3 is 5.32 Å². The average Bonchev–Trinajstić information content (AvgIpc) is 2.26. The molecule has 0 heterocycles. The molecule has 0 spiro atoms. The van der Waals surface area contributed by atoms with Crippen molar-refractivity contribution in [2.24, 2.45) is 0 Å². The summed E-state index contributed by atoms with van der Waals surface area (Å²) in [5.41, 5.74) is 0.136. The lowest BCUT2D eigenvalue weighted by molar-refractivity contribution is -0.383. The summed E-state index contributed by atoms with van der Waals surface area (Å²) in [7, 11) is -3.20. The molecule has 0 saturated carbocycles.